The van der Waals surface area contributed by atoms with E-state index in [1.54, 1.807) is 12.4 Å². The Morgan fingerprint density at radius 1 is 0.882 bits per heavy atom. The molecule has 0 aromatic carbocycles. The van der Waals surface area contributed by atoms with Crippen LogP contribution in [-0.2, 0) is 28.7 Å². The number of oxime groups is 2. The summed E-state index contributed by atoms with van der Waals surface area (Å²) in [6.07, 6.45) is 11.6. The van der Waals surface area contributed by atoms with Crippen molar-refractivity contribution in [1.29, 1.82) is 0 Å². The number of hydrogen-bond acceptors (Lipinski definition) is 10. The van der Waals surface area contributed by atoms with Gasteiger partial charge in [0.2, 0.25) is 0 Å². The number of fused-ring (bicyclic) bond motifs is 4. The fraction of sp³-hybridized carbons (Fsp3) is 0.667. The van der Waals surface area contributed by atoms with E-state index in [0.717, 1.165) is 25.7 Å². The summed E-state index contributed by atoms with van der Waals surface area (Å²) in [5, 5.41) is 7.95. The first-order valence-electron chi connectivity index (χ1n) is 12.0. The molecular formula is C24H34N4O6. The predicted molar refractivity (Wildman–Crippen MR) is 125 cm³/mol. The van der Waals surface area contributed by atoms with Gasteiger partial charge >= 0.3 is 11.9 Å². The molecule has 186 valence electrons. The zero-order chi connectivity index (χ0) is 24.3. The SMILES string of the molecule is CCON=CC1=CCC2CCC1(OC(=O)C(=O)OC13CCC(CC=C1C=NOCC)N3C)N2C. The molecule has 4 aliphatic heterocycles. The molecule has 0 spiro atoms. The van der Waals surface area contributed by atoms with Gasteiger partial charge in [-0.1, -0.05) is 22.5 Å². The Labute approximate surface area is 200 Å². The molecule has 4 atom stereocenters. The maximum absolute atomic E-state index is 13.1. The lowest BCUT2D eigenvalue weighted by atomic mass is 9.98. The Bertz CT molecular complexity index is 856. The predicted octanol–water partition coefficient (Wildman–Crippen LogP) is 2.36. The second-order valence-electron chi connectivity index (χ2n) is 9.05. The minimum Gasteiger partial charge on any atom is -0.431 e. The summed E-state index contributed by atoms with van der Waals surface area (Å²) in [5.74, 6) is -2.05. The lowest BCUT2D eigenvalue weighted by molar-refractivity contribution is -0.196. The summed E-state index contributed by atoms with van der Waals surface area (Å²) in [6.45, 7) is 4.54. The van der Waals surface area contributed by atoms with E-state index in [1.165, 1.54) is 0 Å². The minimum atomic E-state index is -1.07. The van der Waals surface area contributed by atoms with Crippen LogP contribution in [0.2, 0.25) is 0 Å². The van der Waals surface area contributed by atoms with Gasteiger partial charge in [-0.25, -0.2) is 9.59 Å². The van der Waals surface area contributed by atoms with Crippen molar-refractivity contribution in [2.24, 2.45) is 10.3 Å². The highest BCUT2D eigenvalue weighted by atomic mass is 16.6. The summed E-state index contributed by atoms with van der Waals surface area (Å²) >= 11 is 0. The van der Waals surface area contributed by atoms with E-state index >= 15 is 0 Å². The Kier molecular flexibility index (Phi) is 7.09. The lowest BCUT2D eigenvalue weighted by Crippen LogP contribution is -2.55. The zero-order valence-corrected chi connectivity index (χ0v) is 20.4. The van der Waals surface area contributed by atoms with Crippen molar-refractivity contribution in [3.63, 3.8) is 0 Å². The first kappa shape index (κ1) is 24.4. The fourth-order valence-electron chi connectivity index (χ4n) is 5.55. The van der Waals surface area contributed by atoms with E-state index in [4.69, 9.17) is 19.1 Å². The van der Waals surface area contributed by atoms with Gasteiger partial charge in [-0.3, -0.25) is 9.80 Å². The Morgan fingerprint density at radius 3 is 1.68 bits per heavy atom. The average Bonchev–Trinajstić information content (AvgIpc) is 3.13. The monoisotopic (exact) mass is 474 g/mol. The van der Waals surface area contributed by atoms with Crippen molar-refractivity contribution in [1.82, 2.24) is 9.80 Å². The zero-order valence-electron chi connectivity index (χ0n) is 20.4. The van der Waals surface area contributed by atoms with Crippen LogP contribution >= 0.6 is 0 Å². The number of carbonyl (C=O) groups is 2. The molecule has 0 aromatic heterocycles. The van der Waals surface area contributed by atoms with Gasteiger partial charge in [0.15, 0.2) is 11.4 Å². The lowest BCUT2D eigenvalue weighted by Gasteiger charge is -2.42. The van der Waals surface area contributed by atoms with E-state index in [-0.39, 0.29) is 12.1 Å². The Balaban J connectivity index is 1.53. The highest BCUT2D eigenvalue weighted by molar-refractivity contribution is 6.30. The van der Waals surface area contributed by atoms with E-state index in [0.29, 0.717) is 37.2 Å². The van der Waals surface area contributed by atoms with Crippen molar-refractivity contribution in [3.8, 4) is 0 Å². The molecule has 0 N–H and O–H groups in total. The first-order valence-corrected chi connectivity index (χ1v) is 12.0. The Morgan fingerprint density at radius 2 is 1.29 bits per heavy atom. The molecule has 10 heteroatoms. The van der Waals surface area contributed by atoms with Gasteiger partial charge in [0, 0.05) is 36.1 Å². The molecule has 2 fully saturated rings. The maximum Gasteiger partial charge on any atom is 0.419 e. The average molecular weight is 475 g/mol. The van der Waals surface area contributed by atoms with Gasteiger partial charge < -0.3 is 19.1 Å². The summed E-state index contributed by atoms with van der Waals surface area (Å²) in [5.41, 5.74) is -0.722. The van der Waals surface area contributed by atoms with Crippen molar-refractivity contribution in [2.75, 3.05) is 27.3 Å². The van der Waals surface area contributed by atoms with Gasteiger partial charge in [-0.2, -0.15) is 0 Å². The maximum atomic E-state index is 13.1. The molecular weight excluding hydrogens is 440 g/mol. The third-order valence-corrected chi connectivity index (χ3v) is 7.47. The normalized spacial score (nSPS) is 33.2. The molecule has 0 aromatic rings. The van der Waals surface area contributed by atoms with E-state index in [2.05, 4.69) is 10.3 Å². The molecule has 4 heterocycles. The van der Waals surface area contributed by atoms with Crippen molar-refractivity contribution >= 4 is 24.4 Å². The largest absolute Gasteiger partial charge is 0.431 e. The first-order chi connectivity index (χ1) is 16.4. The number of likely N-dealkylation sites (N-methyl/N-ethyl adjacent to an activating group) is 2. The van der Waals surface area contributed by atoms with Gasteiger partial charge in [-0.15, -0.1) is 0 Å². The molecule has 0 saturated carbocycles. The van der Waals surface area contributed by atoms with Crippen molar-refractivity contribution in [2.45, 2.75) is 75.9 Å². The number of hydrogen-bond donors (Lipinski definition) is 0. The smallest absolute Gasteiger partial charge is 0.419 e. The third-order valence-electron chi connectivity index (χ3n) is 7.47. The molecule has 4 unspecified atom stereocenters. The number of nitrogens with zero attached hydrogens (tertiary/aromatic N) is 4. The van der Waals surface area contributed by atoms with E-state index in [9.17, 15) is 9.59 Å². The van der Waals surface area contributed by atoms with Gasteiger partial charge in [0.25, 0.3) is 0 Å². The summed E-state index contributed by atoms with van der Waals surface area (Å²) < 4.78 is 11.8. The number of ether oxygens (including phenoxy) is 2. The van der Waals surface area contributed by atoms with Gasteiger partial charge in [-0.05, 0) is 53.6 Å². The quantitative estimate of drug-likeness (QED) is 0.229. The van der Waals surface area contributed by atoms with Crippen LogP contribution in [-0.4, -0.2) is 85.0 Å². The van der Waals surface area contributed by atoms with Gasteiger partial charge in [0.1, 0.15) is 13.2 Å². The second-order valence-corrected chi connectivity index (χ2v) is 9.05. The van der Waals surface area contributed by atoms with Gasteiger partial charge in [0.05, 0.1) is 12.4 Å². The standard InChI is InChI=1S/C24H34N4O6/c1-5-31-25-15-17-7-9-19-11-13-23(17,27(19)3)33-21(29)22(30)34-24-14-12-20(28(24)4)10-8-18(24)16-26-32-6-2/h7-8,15-16,19-20H,5-6,9-14H2,1-4H3. The minimum absolute atomic E-state index is 0.232. The second kappa shape index (κ2) is 9.87. The molecule has 10 nitrogen and oxygen atoms in total. The van der Waals surface area contributed by atoms with E-state index < -0.39 is 23.4 Å². The third kappa shape index (κ3) is 4.13. The molecule has 34 heavy (non-hydrogen) atoms. The van der Waals surface area contributed by atoms with Crippen molar-refractivity contribution in [3.05, 3.63) is 23.3 Å². The van der Waals surface area contributed by atoms with Crippen LogP contribution in [0.3, 0.4) is 0 Å². The summed E-state index contributed by atoms with van der Waals surface area (Å²) in [6, 6.07) is 0.465. The highest BCUT2D eigenvalue weighted by Crippen LogP contribution is 2.46. The van der Waals surface area contributed by atoms with E-state index in [1.807, 2.05) is 49.9 Å². The summed E-state index contributed by atoms with van der Waals surface area (Å²) in [7, 11) is 3.80. The fourth-order valence-corrected chi connectivity index (χ4v) is 5.55. The van der Waals surface area contributed by atoms with Crippen LogP contribution in [0.1, 0.15) is 52.4 Å². The molecule has 0 aliphatic carbocycles. The molecule has 0 radical (unpaired) electrons. The van der Waals surface area contributed by atoms with Crippen LogP contribution in [0.25, 0.3) is 0 Å². The number of rotatable bonds is 8. The van der Waals surface area contributed by atoms with Crippen LogP contribution in [0.5, 0.6) is 0 Å². The van der Waals surface area contributed by atoms with Crippen LogP contribution < -0.4 is 0 Å². The number of carbonyl (C=O) groups excluding carboxylic acids is 2. The molecule has 4 bridgehead atoms. The van der Waals surface area contributed by atoms with Crippen LogP contribution in [0.15, 0.2) is 33.6 Å². The van der Waals surface area contributed by atoms with Crippen molar-refractivity contribution < 1.29 is 28.7 Å². The molecule has 4 aliphatic rings. The summed E-state index contributed by atoms with van der Waals surface area (Å²) in [4.78, 5) is 40.5. The molecule has 0 amide bonds. The topological polar surface area (TPSA) is 102 Å². The molecule has 4 rings (SSSR count). The van der Waals surface area contributed by atoms with Crippen LogP contribution in [0.4, 0.5) is 0 Å². The number of esters is 2. The highest BCUT2D eigenvalue weighted by Gasteiger charge is 2.55. The Hall–Kier alpha value is -2.72. The molecule has 2 saturated heterocycles. The van der Waals surface area contributed by atoms with Crippen LogP contribution in [0, 0.1) is 0 Å².